The standard InChI is InChI=1S/C14H22N2O2/c1-8-7-11(17)9(2)6-10(8)16-13(18)12(15)14(3,4)5/h6-7,12,17H,15H2,1-5H3,(H,16,18). The van der Waals surface area contributed by atoms with Gasteiger partial charge in [0, 0.05) is 5.69 Å². The Morgan fingerprint density at radius 2 is 1.83 bits per heavy atom. The molecule has 1 rings (SSSR count). The second-order valence-corrected chi connectivity index (χ2v) is 5.79. The summed E-state index contributed by atoms with van der Waals surface area (Å²) in [7, 11) is 0. The van der Waals surface area contributed by atoms with E-state index in [0.29, 0.717) is 5.69 Å². The highest BCUT2D eigenvalue weighted by Crippen LogP contribution is 2.26. The van der Waals surface area contributed by atoms with Gasteiger partial charge in [-0.25, -0.2) is 0 Å². The first-order valence-electron chi connectivity index (χ1n) is 5.99. The van der Waals surface area contributed by atoms with Crippen LogP contribution in [0.25, 0.3) is 0 Å². The van der Waals surface area contributed by atoms with Crippen LogP contribution in [0.5, 0.6) is 5.75 Å². The SMILES string of the molecule is Cc1cc(NC(=O)C(N)C(C)(C)C)c(C)cc1O. The Morgan fingerprint density at radius 3 is 2.33 bits per heavy atom. The van der Waals surface area contributed by atoms with E-state index in [-0.39, 0.29) is 17.1 Å². The van der Waals surface area contributed by atoms with E-state index < -0.39 is 6.04 Å². The smallest absolute Gasteiger partial charge is 0.241 e. The fourth-order valence-corrected chi connectivity index (χ4v) is 1.54. The lowest BCUT2D eigenvalue weighted by molar-refractivity contribution is -0.119. The van der Waals surface area contributed by atoms with Crippen LogP contribution in [0.2, 0.25) is 0 Å². The van der Waals surface area contributed by atoms with Crippen molar-refractivity contribution in [2.45, 2.75) is 40.7 Å². The molecule has 100 valence electrons. The molecule has 4 N–H and O–H groups in total. The summed E-state index contributed by atoms with van der Waals surface area (Å²) in [4.78, 5) is 12.0. The fraction of sp³-hybridized carbons (Fsp3) is 0.500. The lowest BCUT2D eigenvalue weighted by Gasteiger charge is -2.26. The number of amides is 1. The van der Waals surface area contributed by atoms with Gasteiger partial charge >= 0.3 is 0 Å². The second-order valence-electron chi connectivity index (χ2n) is 5.79. The average Bonchev–Trinajstić information content (AvgIpc) is 2.23. The number of nitrogens with two attached hydrogens (primary N) is 1. The molecule has 18 heavy (non-hydrogen) atoms. The van der Waals surface area contributed by atoms with Crippen molar-refractivity contribution in [1.29, 1.82) is 0 Å². The molecule has 0 saturated heterocycles. The number of hydrogen-bond donors (Lipinski definition) is 3. The number of phenolic OH excluding ortho intramolecular Hbond substituents is 1. The fourth-order valence-electron chi connectivity index (χ4n) is 1.54. The molecule has 1 unspecified atom stereocenters. The van der Waals surface area contributed by atoms with Gasteiger partial charge in [-0.3, -0.25) is 4.79 Å². The number of rotatable bonds is 2. The molecule has 1 aromatic carbocycles. The summed E-state index contributed by atoms with van der Waals surface area (Å²) in [5, 5.41) is 12.4. The van der Waals surface area contributed by atoms with E-state index in [1.807, 2.05) is 27.7 Å². The van der Waals surface area contributed by atoms with E-state index in [1.54, 1.807) is 19.1 Å². The summed E-state index contributed by atoms with van der Waals surface area (Å²) < 4.78 is 0. The second kappa shape index (κ2) is 4.98. The van der Waals surface area contributed by atoms with E-state index in [4.69, 9.17) is 5.73 Å². The normalized spacial score (nSPS) is 13.2. The summed E-state index contributed by atoms with van der Waals surface area (Å²) in [6.07, 6.45) is 0. The molecule has 0 aliphatic heterocycles. The Bertz CT molecular complexity index is 462. The summed E-state index contributed by atoms with van der Waals surface area (Å²) >= 11 is 0. The van der Waals surface area contributed by atoms with E-state index in [9.17, 15) is 9.90 Å². The molecule has 1 aromatic rings. The third-order valence-corrected chi connectivity index (χ3v) is 3.02. The number of aryl methyl sites for hydroxylation is 2. The van der Waals surface area contributed by atoms with Gasteiger partial charge in [-0.05, 0) is 42.5 Å². The van der Waals surface area contributed by atoms with Crippen molar-refractivity contribution in [2.24, 2.45) is 11.1 Å². The summed E-state index contributed by atoms with van der Waals surface area (Å²) in [6, 6.07) is 2.80. The maximum absolute atomic E-state index is 12.0. The Kier molecular flexibility index (Phi) is 4.02. The zero-order chi connectivity index (χ0) is 14.1. The monoisotopic (exact) mass is 250 g/mol. The molecule has 0 fully saturated rings. The predicted octanol–water partition coefficient (Wildman–Crippen LogP) is 2.32. The molecule has 4 nitrogen and oxygen atoms in total. The van der Waals surface area contributed by atoms with Crippen LogP contribution in [0.15, 0.2) is 12.1 Å². The van der Waals surface area contributed by atoms with Crippen LogP contribution in [0.4, 0.5) is 5.69 Å². The highest BCUT2D eigenvalue weighted by molar-refractivity contribution is 5.96. The Balaban J connectivity index is 2.92. The van der Waals surface area contributed by atoms with Crippen LogP contribution >= 0.6 is 0 Å². The maximum Gasteiger partial charge on any atom is 0.241 e. The van der Waals surface area contributed by atoms with Gasteiger partial charge in [-0.1, -0.05) is 20.8 Å². The van der Waals surface area contributed by atoms with Gasteiger partial charge in [0.25, 0.3) is 0 Å². The summed E-state index contributed by atoms with van der Waals surface area (Å²) in [5.74, 6) is 0.0151. The number of nitrogens with one attached hydrogen (secondary N) is 1. The topological polar surface area (TPSA) is 75.4 Å². The number of phenols is 1. The number of carbonyl (C=O) groups is 1. The Labute approximate surface area is 108 Å². The Hall–Kier alpha value is -1.55. The van der Waals surface area contributed by atoms with Crippen molar-refractivity contribution in [1.82, 2.24) is 0 Å². The lowest BCUT2D eigenvalue weighted by Crippen LogP contribution is -2.45. The number of carbonyl (C=O) groups excluding carboxylic acids is 1. The maximum atomic E-state index is 12.0. The zero-order valence-corrected chi connectivity index (χ0v) is 11.7. The highest BCUT2D eigenvalue weighted by atomic mass is 16.3. The summed E-state index contributed by atoms with van der Waals surface area (Å²) in [5.41, 5.74) is 7.84. The van der Waals surface area contributed by atoms with Crippen molar-refractivity contribution in [3.8, 4) is 5.75 Å². The van der Waals surface area contributed by atoms with E-state index >= 15 is 0 Å². The number of anilines is 1. The van der Waals surface area contributed by atoms with Gasteiger partial charge in [0.15, 0.2) is 0 Å². The van der Waals surface area contributed by atoms with Gasteiger partial charge in [0.2, 0.25) is 5.91 Å². The van der Waals surface area contributed by atoms with Crippen molar-refractivity contribution in [3.63, 3.8) is 0 Å². The minimum atomic E-state index is -0.578. The van der Waals surface area contributed by atoms with Gasteiger partial charge in [0.05, 0.1) is 6.04 Å². The van der Waals surface area contributed by atoms with Gasteiger partial charge in [-0.15, -0.1) is 0 Å². The molecule has 0 heterocycles. The highest BCUT2D eigenvalue weighted by Gasteiger charge is 2.27. The lowest BCUT2D eigenvalue weighted by atomic mass is 9.87. The third-order valence-electron chi connectivity index (χ3n) is 3.02. The molecule has 1 amide bonds. The average molecular weight is 250 g/mol. The number of aromatic hydroxyl groups is 1. The third kappa shape index (κ3) is 3.23. The van der Waals surface area contributed by atoms with E-state index in [1.165, 1.54) is 0 Å². The number of benzene rings is 1. The van der Waals surface area contributed by atoms with Crippen LogP contribution in [-0.2, 0) is 4.79 Å². The van der Waals surface area contributed by atoms with Crippen molar-refractivity contribution in [2.75, 3.05) is 5.32 Å². The molecule has 0 aliphatic rings. The van der Waals surface area contributed by atoms with Crippen molar-refractivity contribution in [3.05, 3.63) is 23.3 Å². The largest absolute Gasteiger partial charge is 0.508 e. The van der Waals surface area contributed by atoms with Crippen LogP contribution in [0.1, 0.15) is 31.9 Å². The van der Waals surface area contributed by atoms with Gasteiger partial charge in [-0.2, -0.15) is 0 Å². The molecule has 0 aromatic heterocycles. The number of hydrogen-bond acceptors (Lipinski definition) is 3. The molecule has 1 atom stereocenters. The molecular formula is C14H22N2O2. The molecule has 0 saturated carbocycles. The first kappa shape index (κ1) is 14.5. The molecular weight excluding hydrogens is 228 g/mol. The van der Waals surface area contributed by atoms with E-state index in [2.05, 4.69) is 5.32 Å². The van der Waals surface area contributed by atoms with Crippen molar-refractivity contribution < 1.29 is 9.90 Å². The first-order chi connectivity index (χ1) is 8.12. The van der Waals surface area contributed by atoms with Crippen LogP contribution < -0.4 is 11.1 Å². The molecule has 4 heteroatoms. The first-order valence-corrected chi connectivity index (χ1v) is 5.99. The molecule has 0 spiro atoms. The predicted molar refractivity (Wildman–Crippen MR) is 73.6 cm³/mol. The Morgan fingerprint density at radius 1 is 1.28 bits per heavy atom. The van der Waals surface area contributed by atoms with Crippen molar-refractivity contribution >= 4 is 11.6 Å². The zero-order valence-electron chi connectivity index (χ0n) is 11.7. The van der Waals surface area contributed by atoms with Gasteiger partial charge < -0.3 is 16.2 Å². The van der Waals surface area contributed by atoms with Crippen LogP contribution in [-0.4, -0.2) is 17.1 Å². The minimum Gasteiger partial charge on any atom is -0.508 e. The quantitative estimate of drug-likeness (QED) is 0.705. The molecule has 0 bridgehead atoms. The van der Waals surface area contributed by atoms with E-state index in [0.717, 1.165) is 11.1 Å². The van der Waals surface area contributed by atoms with Crippen LogP contribution in [0, 0.1) is 19.3 Å². The minimum absolute atomic E-state index is 0.212. The van der Waals surface area contributed by atoms with Crippen LogP contribution in [0.3, 0.4) is 0 Å². The molecule has 0 radical (unpaired) electrons. The van der Waals surface area contributed by atoms with Gasteiger partial charge in [0.1, 0.15) is 5.75 Å². The summed E-state index contributed by atoms with van der Waals surface area (Å²) in [6.45, 7) is 9.38. The molecule has 0 aliphatic carbocycles.